The molecule has 0 aliphatic rings. The minimum atomic E-state index is 0.410. The summed E-state index contributed by atoms with van der Waals surface area (Å²) in [6.07, 6.45) is 2.78. The highest BCUT2D eigenvalue weighted by Gasteiger charge is 2.06. The van der Waals surface area contributed by atoms with E-state index in [0.29, 0.717) is 11.6 Å². The van der Waals surface area contributed by atoms with Gasteiger partial charge in [-0.05, 0) is 18.6 Å². The number of hydrogen-bond acceptors (Lipinski definition) is 5. The number of anilines is 3. The van der Waals surface area contributed by atoms with Gasteiger partial charge in [0.1, 0.15) is 5.82 Å². The van der Waals surface area contributed by atoms with Crippen molar-refractivity contribution in [3.63, 3.8) is 0 Å². The monoisotopic (exact) mass is 218 g/mol. The van der Waals surface area contributed by atoms with E-state index >= 15 is 0 Å². The van der Waals surface area contributed by atoms with E-state index in [9.17, 15) is 0 Å². The van der Waals surface area contributed by atoms with Gasteiger partial charge in [-0.3, -0.25) is 4.68 Å². The summed E-state index contributed by atoms with van der Waals surface area (Å²) in [5, 5.41) is 15.2. The zero-order valence-corrected chi connectivity index (χ0v) is 9.31. The van der Waals surface area contributed by atoms with E-state index in [4.69, 9.17) is 5.73 Å². The minimum Gasteiger partial charge on any atom is -0.382 e. The Balaban J connectivity index is 2.22. The molecule has 0 fully saturated rings. The predicted molar refractivity (Wildman–Crippen MR) is 62.3 cm³/mol. The maximum atomic E-state index is 5.46. The summed E-state index contributed by atoms with van der Waals surface area (Å²) in [6, 6.07) is 3.49. The Morgan fingerprint density at radius 2 is 2.19 bits per heavy atom. The van der Waals surface area contributed by atoms with E-state index in [-0.39, 0.29) is 0 Å². The van der Waals surface area contributed by atoms with Crippen molar-refractivity contribution >= 4 is 17.3 Å². The molecule has 3 N–H and O–H groups in total. The van der Waals surface area contributed by atoms with Gasteiger partial charge in [0.15, 0.2) is 5.82 Å². The molecule has 0 radical (unpaired) electrons. The van der Waals surface area contributed by atoms with Crippen LogP contribution in [0.3, 0.4) is 0 Å². The van der Waals surface area contributed by atoms with Crippen LogP contribution in [0.25, 0.3) is 0 Å². The highest BCUT2D eigenvalue weighted by Crippen LogP contribution is 2.18. The number of rotatable bonds is 3. The standard InChI is InChI=1S/C10H14N6/c1-3-7-8(6-16(2)15-7)12-10-5-4-9(11)13-14-10/h4-6H,3H2,1-2H3,(H2,11,13)(H,12,14). The van der Waals surface area contributed by atoms with Crippen LogP contribution in [-0.4, -0.2) is 20.0 Å². The number of nitrogens with two attached hydrogens (primary N) is 1. The first kappa shape index (κ1) is 10.4. The van der Waals surface area contributed by atoms with Crippen LogP contribution in [0.4, 0.5) is 17.3 Å². The van der Waals surface area contributed by atoms with Gasteiger partial charge >= 0.3 is 0 Å². The summed E-state index contributed by atoms with van der Waals surface area (Å²) >= 11 is 0. The Bertz CT molecular complexity index is 473. The fraction of sp³-hybridized carbons (Fsp3) is 0.300. The van der Waals surface area contributed by atoms with E-state index in [1.165, 1.54) is 0 Å². The molecule has 0 bridgehead atoms. The summed E-state index contributed by atoms with van der Waals surface area (Å²) in [5.41, 5.74) is 7.41. The number of nitrogens with zero attached hydrogens (tertiary/aromatic N) is 4. The van der Waals surface area contributed by atoms with Gasteiger partial charge in [-0.25, -0.2) is 0 Å². The van der Waals surface area contributed by atoms with Gasteiger partial charge in [-0.15, -0.1) is 10.2 Å². The topological polar surface area (TPSA) is 81.7 Å². The smallest absolute Gasteiger partial charge is 0.153 e. The first-order valence-corrected chi connectivity index (χ1v) is 5.07. The lowest BCUT2D eigenvalue weighted by Crippen LogP contribution is -1.99. The molecule has 0 spiro atoms. The summed E-state index contributed by atoms with van der Waals surface area (Å²) in [7, 11) is 1.89. The fourth-order valence-electron chi connectivity index (χ4n) is 1.45. The largest absolute Gasteiger partial charge is 0.382 e. The molecule has 16 heavy (non-hydrogen) atoms. The van der Waals surface area contributed by atoms with Gasteiger partial charge in [0.05, 0.1) is 11.4 Å². The maximum absolute atomic E-state index is 5.46. The SMILES string of the molecule is CCc1nn(C)cc1Nc1ccc(N)nn1. The van der Waals surface area contributed by atoms with Gasteiger partial charge in [0, 0.05) is 13.2 Å². The Hall–Kier alpha value is -2.11. The highest BCUT2D eigenvalue weighted by atomic mass is 15.3. The van der Waals surface area contributed by atoms with Crippen molar-refractivity contribution in [2.45, 2.75) is 13.3 Å². The third kappa shape index (κ3) is 2.10. The number of aromatic nitrogens is 4. The molecule has 0 amide bonds. The van der Waals surface area contributed by atoms with Gasteiger partial charge in [-0.2, -0.15) is 5.10 Å². The Morgan fingerprint density at radius 3 is 2.81 bits per heavy atom. The molecular weight excluding hydrogens is 204 g/mol. The molecule has 0 aliphatic heterocycles. The van der Waals surface area contributed by atoms with Crippen molar-refractivity contribution in [2.75, 3.05) is 11.1 Å². The van der Waals surface area contributed by atoms with Crippen molar-refractivity contribution in [3.8, 4) is 0 Å². The minimum absolute atomic E-state index is 0.410. The molecule has 0 saturated heterocycles. The van der Waals surface area contributed by atoms with Crippen molar-refractivity contribution in [1.29, 1.82) is 0 Å². The average Bonchev–Trinajstić information content (AvgIpc) is 2.62. The first-order chi connectivity index (χ1) is 7.69. The molecule has 6 heteroatoms. The summed E-state index contributed by atoms with van der Waals surface area (Å²) in [5.74, 6) is 1.07. The van der Waals surface area contributed by atoms with Crippen LogP contribution in [0.2, 0.25) is 0 Å². The second-order valence-electron chi connectivity index (χ2n) is 3.49. The molecule has 2 aromatic rings. The Morgan fingerprint density at radius 1 is 1.38 bits per heavy atom. The fourth-order valence-corrected chi connectivity index (χ4v) is 1.45. The van der Waals surface area contributed by atoms with E-state index in [2.05, 4.69) is 27.5 Å². The summed E-state index contributed by atoms with van der Waals surface area (Å²) in [4.78, 5) is 0. The Labute approximate surface area is 93.5 Å². The lowest BCUT2D eigenvalue weighted by Gasteiger charge is -2.03. The van der Waals surface area contributed by atoms with Gasteiger partial charge in [0.25, 0.3) is 0 Å². The number of nitrogens with one attached hydrogen (secondary N) is 1. The third-order valence-corrected chi connectivity index (χ3v) is 2.19. The molecule has 2 aromatic heterocycles. The van der Waals surface area contributed by atoms with Gasteiger partial charge in [0.2, 0.25) is 0 Å². The molecule has 0 aliphatic carbocycles. The van der Waals surface area contributed by atoms with Crippen molar-refractivity contribution in [3.05, 3.63) is 24.0 Å². The van der Waals surface area contributed by atoms with Crippen LogP contribution in [-0.2, 0) is 13.5 Å². The van der Waals surface area contributed by atoms with Crippen molar-refractivity contribution < 1.29 is 0 Å². The van der Waals surface area contributed by atoms with E-state index in [0.717, 1.165) is 17.8 Å². The predicted octanol–water partition coefficient (Wildman–Crippen LogP) is 1.10. The van der Waals surface area contributed by atoms with E-state index in [1.807, 2.05) is 13.2 Å². The molecule has 2 heterocycles. The molecule has 0 unspecified atom stereocenters. The number of nitrogen functional groups attached to an aromatic ring is 1. The van der Waals surface area contributed by atoms with Crippen LogP contribution in [0.5, 0.6) is 0 Å². The zero-order chi connectivity index (χ0) is 11.5. The maximum Gasteiger partial charge on any atom is 0.153 e. The molecule has 0 aromatic carbocycles. The van der Waals surface area contributed by atoms with Crippen LogP contribution >= 0.6 is 0 Å². The van der Waals surface area contributed by atoms with Crippen molar-refractivity contribution in [2.24, 2.45) is 7.05 Å². The average molecular weight is 218 g/mol. The molecular formula is C10H14N6. The summed E-state index contributed by atoms with van der Waals surface area (Å²) in [6.45, 7) is 2.06. The van der Waals surface area contributed by atoms with Crippen LogP contribution in [0.15, 0.2) is 18.3 Å². The normalized spacial score (nSPS) is 10.4. The van der Waals surface area contributed by atoms with Gasteiger partial charge < -0.3 is 11.1 Å². The number of hydrogen-bond donors (Lipinski definition) is 2. The number of aryl methyl sites for hydroxylation is 2. The lowest BCUT2D eigenvalue weighted by molar-refractivity contribution is 0.746. The first-order valence-electron chi connectivity index (χ1n) is 5.07. The summed E-state index contributed by atoms with van der Waals surface area (Å²) < 4.78 is 1.77. The molecule has 0 saturated carbocycles. The zero-order valence-electron chi connectivity index (χ0n) is 9.31. The third-order valence-electron chi connectivity index (χ3n) is 2.19. The molecule has 0 atom stereocenters. The van der Waals surface area contributed by atoms with Crippen LogP contribution < -0.4 is 11.1 Å². The Kier molecular flexibility index (Phi) is 2.72. The second-order valence-corrected chi connectivity index (χ2v) is 3.49. The van der Waals surface area contributed by atoms with E-state index < -0.39 is 0 Å². The highest BCUT2D eigenvalue weighted by molar-refractivity contribution is 5.58. The van der Waals surface area contributed by atoms with Crippen LogP contribution in [0.1, 0.15) is 12.6 Å². The molecule has 84 valence electrons. The quantitative estimate of drug-likeness (QED) is 0.806. The second kappa shape index (κ2) is 4.18. The lowest BCUT2D eigenvalue weighted by atomic mass is 10.3. The van der Waals surface area contributed by atoms with Gasteiger partial charge in [-0.1, -0.05) is 6.92 Å². The molecule has 2 rings (SSSR count). The molecule has 6 nitrogen and oxygen atoms in total. The van der Waals surface area contributed by atoms with Crippen LogP contribution in [0, 0.1) is 0 Å². The van der Waals surface area contributed by atoms with Crippen molar-refractivity contribution in [1.82, 2.24) is 20.0 Å². The van der Waals surface area contributed by atoms with E-state index in [1.54, 1.807) is 16.8 Å².